The second kappa shape index (κ2) is 8.38. The predicted molar refractivity (Wildman–Crippen MR) is 128 cm³/mol. The lowest BCUT2D eigenvalue weighted by atomic mass is 10.0. The summed E-state index contributed by atoms with van der Waals surface area (Å²) in [5.41, 5.74) is 11.4. The van der Waals surface area contributed by atoms with Crippen LogP contribution in [0.1, 0.15) is 0 Å². The van der Waals surface area contributed by atoms with E-state index in [1.165, 1.54) is 17.7 Å². The van der Waals surface area contributed by atoms with Gasteiger partial charge in [0, 0.05) is 48.5 Å². The number of ether oxygens (including phenoxy) is 1. The van der Waals surface area contributed by atoms with Gasteiger partial charge < -0.3 is 10.5 Å². The lowest BCUT2D eigenvalue weighted by Gasteiger charge is -2.09. The van der Waals surface area contributed by atoms with Crippen molar-refractivity contribution in [2.24, 2.45) is 7.05 Å². The third kappa shape index (κ3) is 3.56. The molecule has 0 radical (unpaired) electrons. The van der Waals surface area contributed by atoms with Crippen molar-refractivity contribution in [3.05, 3.63) is 49.1 Å². The average Bonchev–Trinajstić information content (AvgIpc) is 3.39. The van der Waals surface area contributed by atoms with Crippen LogP contribution in [0.4, 0.5) is 5.69 Å². The van der Waals surface area contributed by atoms with E-state index in [0.29, 0.717) is 22.3 Å². The first-order valence-corrected chi connectivity index (χ1v) is 12.0. The zero-order chi connectivity index (χ0) is 22.2. The van der Waals surface area contributed by atoms with Crippen LogP contribution in [0.25, 0.3) is 43.6 Å². The van der Waals surface area contributed by atoms with Gasteiger partial charge in [-0.25, -0.2) is 15.0 Å². The van der Waals surface area contributed by atoms with Crippen molar-refractivity contribution in [3.8, 4) is 22.5 Å². The molecule has 0 aliphatic heterocycles. The van der Waals surface area contributed by atoms with E-state index >= 15 is 0 Å². The lowest BCUT2D eigenvalue weighted by molar-refractivity contribution is 0.218. The number of anilines is 1. The Bertz CT molecular complexity index is 1480. The molecule has 0 saturated heterocycles. The minimum absolute atomic E-state index is 0.381. The van der Waals surface area contributed by atoms with Crippen molar-refractivity contribution in [2.45, 2.75) is 4.21 Å². The Morgan fingerprint density at radius 1 is 1.25 bits per heavy atom. The van der Waals surface area contributed by atoms with E-state index in [1.807, 2.05) is 37.4 Å². The molecular formula is C22H20N6O2S2. The number of aromatic nitrogens is 5. The van der Waals surface area contributed by atoms with Crippen molar-refractivity contribution >= 4 is 48.9 Å². The van der Waals surface area contributed by atoms with Crippen molar-refractivity contribution in [3.63, 3.8) is 0 Å². The van der Waals surface area contributed by atoms with Crippen LogP contribution in [0.2, 0.25) is 0 Å². The topological polar surface area (TPSA) is 109 Å². The summed E-state index contributed by atoms with van der Waals surface area (Å²) >= 11 is 1.37. The molecule has 4 aromatic heterocycles. The maximum atomic E-state index is 12.9. The number of pyridine rings is 1. The smallest absolute Gasteiger partial charge is 0.127 e. The number of rotatable bonds is 6. The molecule has 0 bridgehead atoms. The molecule has 32 heavy (non-hydrogen) atoms. The summed E-state index contributed by atoms with van der Waals surface area (Å²) in [5.74, 6) is 0.381. The van der Waals surface area contributed by atoms with E-state index in [2.05, 4.69) is 15.1 Å². The highest BCUT2D eigenvalue weighted by Gasteiger charge is 2.22. The van der Waals surface area contributed by atoms with Crippen molar-refractivity contribution in [2.75, 3.05) is 25.2 Å². The molecule has 8 nitrogen and oxygen atoms in total. The van der Waals surface area contributed by atoms with E-state index in [1.54, 1.807) is 24.2 Å². The number of hydrogen-bond donors (Lipinski definition) is 1. The van der Waals surface area contributed by atoms with Gasteiger partial charge in [0.2, 0.25) is 0 Å². The van der Waals surface area contributed by atoms with Crippen LogP contribution in [0.5, 0.6) is 0 Å². The Hall–Kier alpha value is -3.21. The standard InChI is InChI=1S/C22H20N6O2S2/c1-28-18(5-6-26-28)15-10-17(13-3-4-16-14(9-13)11-24-12-25-16)27-21-19(15)20(23)22(31-21)32(29)8-7-30-2/h3-6,9-12H,7-8,23H2,1-2H3. The quantitative estimate of drug-likeness (QED) is 0.409. The number of aryl methyl sites for hydroxylation is 1. The van der Waals surface area contributed by atoms with Gasteiger partial charge in [0.05, 0.1) is 45.8 Å². The number of nitrogens with two attached hydrogens (primary N) is 1. The van der Waals surface area contributed by atoms with Crippen LogP contribution in [0.3, 0.4) is 0 Å². The van der Waals surface area contributed by atoms with Crippen molar-refractivity contribution in [1.29, 1.82) is 0 Å². The van der Waals surface area contributed by atoms with Gasteiger partial charge in [0.1, 0.15) is 15.4 Å². The summed E-state index contributed by atoms with van der Waals surface area (Å²) in [5, 5.41) is 6.05. The maximum absolute atomic E-state index is 12.9. The predicted octanol–water partition coefficient (Wildman–Crippen LogP) is 3.64. The molecule has 0 spiro atoms. The van der Waals surface area contributed by atoms with Gasteiger partial charge in [-0.15, -0.1) is 11.3 Å². The zero-order valence-electron chi connectivity index (χ0n) is 17.5. The van der Waals surface area contributed by atoms with Crippen LogP contribution >= 0.6 is 11.3 Å². The summed E-state index contributed by atoms with van der Waals surface area (Å²) in [4.78, 5) is 14.1. The first-order valence-electron chi connectivity index (χ1n) is 9.85. The molecule has 0 saturated carbocycles. The van der Waals surface area contributed by atoms with Gasteiger partial charge in [0.25, 0.3) is 0 Å². The molecule has 4 heterocycles. The van der Waals surface area contributed by atoms with Crippen LogP contribution in [-0.2, 0) is 22.6 Å². The summed E-state index contributed by atoms with van der Waals surface area (Å²) in [6, 6.07) is 9.91. The van der Waals surface area contributed by atoms with Gasteiger partial charge in [-0.05, 0) is 24.3 Å². The van der Waals surface area contributed by atoms with Crippen LogP contribution in [-0.4, -0.2) is 48.4 Å². The highest BCUT2D eigenvalue weighted by molar-refractivity contribution is 7.87. The number of benzene rings is 1. The Morgan fingerprint density at radius 2 is 2.12 bits per heavy atom. The molecule has 1 aromatic carbocycles. The molecule has 2 N–H and O–H groups in total. The van der Waals surface area contributed by atoms with E-state index in [4.69, 9.17) is 15.5 Å². The molecule has 10 heteroatoms. The summed E-state index contributed by atoms with van der Waals surface area (Å²) in [7, 11) is 2.21. The van der Waals surface area contributed by atoms with Gasteiger partial charge in [0.15, 0.2) is 0 Å². The van der Waals surface area contributed by atoms with Crippen molar-refractivity contribution < 1.29 is 8.95 Å². The molecule has 1 atom stereocenters. The number of nitrogen functional groups attached to an aromatic ring is 1. The van der Waals surface area contributed by atoms with E-state index in [-0.39, 0.29) is 0 Å². The molecule has 0 aliphatic carbocycles. The molecule has 0 fully saturated rings. The van der Waals surface area contributed by atoms with Gasteiger partial charge in [-0.3, -0.25) is 8.89 Å². The van der Waals surface area contributed by atoms with Crippen LogP contribution in [0, 0.1) is 0 Å². The third-order valence-electron chi connectivity index (χ3n) is 5.24. The molecule has 5 aromatic rings. The molecule has 0 amide bonds. The van der Waals surface area contributed by atoms with Gasteiger partial charge in [-0.1, -0.05) is 6.07 Å². The minimum atomic E-state index is -1.27. The fourth-order valence-corrected chi connectivity index (χ4v) is 6.22. The number of nitrogens with zero attached hydrogens (tertiary/aromatic N) is 5. The normalized spacial score (nSPS) is 12.6. The SMILES string of the molecule is COCCS(=O)c1sc2nc(-c3ccc4ncncc4c3)cc(-c3ccnn3C)c2c1N. The summed E-state index contributed by atoms with van der Waals surface area (Å²) in [6.07, 6.45) is 5.06. The molecule has 5 rings (SSSR count). The number of fused-ring (bicyclic) bond motifs is 2. The maximum Gasteiger partial charge on any atom is 0.127 e. The molecule has 1 unspecified atom stereocenters. The minimum Gasteiger partial charge on any atom is -0.396 e. The Kier molecular flexibility index (Phi) is 5.41. The summed E-state index contributed by atoms with van der Waals surface area (Å²) in [6.45, 7) is 0.396. The largest absolute Gasteiger partial charge is 0.396 e. The fourth-order valence-electron chi connectivity index (χ4n) is 3.65. The van der Waals surface area contributed by atoms with Gasteiger partial charge >= 0.3 is 0 Å². The molecular weight excluding hydrogens is 444 g/mol. The highest BCUT2D eigenvalue weighted by atomic mass is 32.2. The zero-order valence-corrected chi connectivity index (χ0v) is 19.1. The van der Waals surface area contributed by atoms with Crippen molar-refractivity contribution in [1.82, 2.24) is 24.7 Å². The fraction of sp³-hybridized carbons (Fsp3) is 0.182. The highest BCUT2D eigenvalue weighted by Crippen LogP contribution is 2.42. The second-order valence-corrected chi connectivity index (χ2v) is 9.98. The van der Waals surface area contributed by atoms with E-state index < -0.39 is 10.8 Å². The molecule has 162 valence electrons. The molecule has 0 aliphatic rings. The van der Waals surface area contributed by atoms with Gasteiger partial charge in [-0.2, -0.15) is 5.10 Å². The van der Waals surface area contributed by atoms with Crippen LogP contribution < -0.4 is 5.73 Å². The number of thiophene rings is 1. The first-order chi connectivity index (χ1) is 15.6. The van der Waals surface area contributed by atoms with E-state index in [0.717, 1.165) is 43.6 Å². The Labute approximate surface area is 190 Å². The average molecular weight is 465 g/mol. The Balaban J connectivity index is 1.74. The monoisotopic (exact) mass is 464 g/mol. The second-order valence-electron chi connectivity index (χ2n) is 7.22. The third-order valence-corrected chi connectivity index (χ3v) is 8.11. The van der Waals surface area contributed by atoms with Crippen LogP contribution in [0.15, 0.2) is 53.3 Å². The number of methoxy groups -OCH3 is 1. The first kappa shape index (κ1) is 20.7. The number of hydrogen-bond acceptors (Lipinski definition) is 8. The van der Waals surface area contributed by atoms with E-state index in [9.17, 15) is 4.21 Å². The summed E-state index contributed by atoms with van der Waals surface area (Å²) < 4.78 is 20.4. The Morgan fingerprint density at radius 3 is 2.91 bits per heavy atom. The lowest BCUT2D eigenvalue weighted by Crippen LogP contribution is -2.04.